The van der Waals surface area contributed by atoms with Gasteiger partial charge in [-0.3, -0.25) is 4.79 Å². The van der Waals surface area contributed by atoms with E-state index in [4.69, 9.17) is 5.11 Å². The van der Waals surface area contributed by atoms with Gasteiger partial charge in [0.15, 0.2) is 0 Å². The summed E-state index contributed by atoms with van der Waals surface area (Å²) in [5.74, 6) is -0.679. The molecule has 0 atom stereocenters. The van der Waals surface area contributed by atoms with Crippen molar-refractivity contribution in [3.63, 3.8) is 0 Å². The van der Waals surface area contributed by atoms with Crippen molar-refractivity contribution in [3.8, 4) is 0 Å². The average Bonchev–Trinajstić information content (AvgIpc) is 2.53. The molecule has 0 fully saturated rings. The van der Waals surface area contributed by atoms with Crippen molar-refractivity contribution in [2.45, 2.75) is 103 Å². The first-order chi connectivity index (χ1) is 11.5. The van der Waals surface area contributed by atoms with E-state index in [1.54, 1.807) is 0 Å². The predicted octanol–water partition coefficient (Wildman–Crippen LogP) is 6.02. The van der Waals surface area contributed by atoms with E-state index in [9.17, 15) is 4.79 Å². The Kier molecular flexibility index (Phi) is 15.6. The maximum absolute atomic E-state index is 10.6. The van der Waals surface area contributed by atoms with Crippen molar-refractivity contribution < 1.29 is 14.4 Å². The van der Waals surface area contributed by atoms with Gasteiger partial charge in [0.05, 0.1) is 33.6 Å². The van der Waals surface area contributed by atoms with Crippen LogP contribution in [0.1, 0.15) is 103 Å². The van der Waals surface area contributed by atoms with Crippen LogP contribution in [0.15, 0.2) is 0 Å². The lowest BCUT2D eigenvalue weighted by atomic mass is 10.0. The fourth-order valence-electron chi connectivity index (χ4n) is 3.24. The molecule has 0 aliphatic carbocycles. The maximum Gasteiger partial charge on any atom is 0.309 e. The molecule has 3 nitrogen and oxygen atoms in total. The zero-order valence-electron chi connectivity index (χ0n) is 16.8. The van der Waals surface area contributed by atoms with Crippen molar-refractivity contribution >= 4 is 5.97 Å². The SMILES string of the molecule is CCCCCCCCCCCCCCCC[N+](C)(C)CCC(=O)O. The van der Waals surface area contributed by atoms with E-state index in [2.05, 4.69) is 21.0 Å². The molecule has 0 aromatic rings. The van der Waals surface area contributed by atoms with Crippen molar-refractivity contribution in [1.29, 1.82) is 0 Å². The number of rotatable bonds is 18. The van der Waals surface area contributed by atoms with Gasteiger partial charge in [0.1, 0.15) is 0 Å². The molecule has 24 heavy (non-hydrogen) atoms. The number of hydrogen-bond acceptors (Lipinski definition) is 1. The van der Waals surface area contributed by atoms with Gasteiger partial charge in [-0.2, -0.15) is 0 Å². The van der Waals surface area contributed by atoms with Crippen LogP contribution in [0.25, 0.3) is 0 Å². The number of hydrogen-bond donors (Lipinski definition) is 1. The van der Waals surface area contributed by atoms with Gasteiger partial charge in [-0.25, -0.2) is 0 Å². The molecule has 144 valence electrons. The summed E-state index contributed by atoms with van der Waals surface area (Å²) in [5.41, 5.74) is 0. The third kappa shape index (κ3) is 17.8. The van der Waals surface area contributed by atoms with Gasteiger partial charge in [0, 0.05) is 0 Å². The van der Waals surface area contributed by atoms with E-state index in [1.165, 1.54) is 89.9 Å². The molecule has 0 heterocycles. The monoisotopic (exact) mass is 342 g/mol. The highest BCUT2D eigenvalue weighted by molar-refractivity contribution is 5.66. The second kappa shape index (κ2) is 15.9. The zero-order chi connectivity index (χ0) is 18.1. The molecule has 0 aliphatic rings. The minimum Gasteiger partial charge on any atom is -0.481 e. The van der Waals surface area contributed by atoms with Gasteiger partial charge in [0.25, 0.3) is 0 Å². The van der Waals surface area contributed by atoms with Gasteiger partial charge in [0.2, 0.25) is 0 Å². The minimum absolute atomic E-state index is 0.283. The lowest BCUT2D eigenvalue weighted by molar-refractivity contribution is -0.890. The van der Waals surface area contributed by atoms with Gasteiger partial charge in [-0.15, -0.1) is 0 Å². The number of nitrogens with zero attached hydrogens (tertiary/aromatic N) is 1. The summed E-state index contributed by atoms with van der Waals surface area (Å²) in [5, 5.41) is 8.76. The summed E-state index contributed by atoms with van der Waals surface area (Å²) in [4.78, 5) is 10.6. The number of carboxylic acids is 1. The Hall–Kier alpha value is -0.570. The molecule has 0 aromatic heterocycles. The summed E-state index contributed by atoms with van der Waals surface area (Å²) < 4.78 is 0.838. The number of unbranched alkanes of at least 4 members (excludes halogenated alkanes) is 13. The van der Waals surface area contributed by atoms with Crippen LogP contribution < -0.4 is 0 Å². The fraction of sp³-hybridized carbons (Fsp3) is 0.952. The van der Waals surface area contributed by atoms with Crippen LogP contribution in [-0.2, 0) is 4.79 Å². The molecular weight excluding hydrogens is 298 g/mol. The molecule has 0 saturated heterocycles. The van der Waals surface area contributed by atoms with E-state index >= 15 is 0 Å². The fourth-order valence-corrected chi connectivity index (χ4v) is 3.24. The van der Waals surface area contributed by atoms with E-state index < -0.39 is 5.97 Å². The van der Waals surface area contributed by atoms with Gasteiger partial charge in [-0.05, 0) is 12.8 Å². The first-order valence-electron chi connectivity index (χ1n) is 10.5. The second-order valence-corrected chi connectivity index (χ2v) is 8.12. The molecule has 3 heteroatoms. The summed E-state index contributed by atoms with van der Waals surface area (Å²) >= 11 is 0. The van der Waals surface area contributed by atoms with Crippen molar-refractivity contribution in [2.24, 2.45) is 0 Å². The first kappa shape index (κ1) is 23.4. The molecule has 0 spiro atoms. The Morgan fingerprint density at radius 2 is 1.04 bits per heavy atom. The third-order valence-corrected chi connectivity index (χ3v) is 5.05. The van der Waals surface area contributed by atoms with Crippen molar-refractivity contribution in [2.75, 3.05) is 27.2 Å². The van der Waals surface area contributed by atoms with E-state index in [1.807, 2.05) is 0 Å². The Balaban J connectivity index is 3.23. The number of quaternary nitrogens is 1. The number of carboxylic acid groups (broad SMARTS) is 1. The second-order valence-electron chi connectivity index (χ2n) is 8.12. The summed E-state index contributed by atoms with van der Waals surface area (Å²) in [6.45, 7) is 4.12. The van der Waals surface area contributed by atoms with Gasteiger partial charge < -0.3 is 9.59 Å². The van der Waals surface area contributed by atoms with Crippen LogP contribution >= 0.6 is 0 Å². The smallest absolute Gasteiger partial charge is 0.309 e. The molecule has 0 aromatic carbocycles. The van der Waals surface area contributed by atoms with E-state index in [-0.39, 0.29) is 6.42 Å². The van der Waals surface area contributed by atoms with Crippen LogP contribution in [0.5, 0.6) is 0 Å². The van der Waals surface area contributed by atoms with Crippen molar-refractivity contribution in [1.82, 2.24) is 0 Å². The van der Waals surface area contributed by atoms with E-state index in [0.717, 1.165) is 17.6 Å². The maximum atomic E-state index is 10.6. The molecule has 0 amide bonds. The largest absolute Gasteiger partial charge is 0.481 e. The molecule has 0 aliphatic heterocycles. The van der Waals surface area contributed by atoms with Gasteiger partial charge in [-0.1, -0.05) is 84.0 Å². The van der Waals surface area contributed by atoms with Gasteiger partial charge >= 0.3 is 5.97 Å². The first-order valence-corrected chi connectivity index (χ1v) is 10.5. The summed E-state index contributed by atoms with van der Waals surface area (Å²) in [6, 6.07) is 0. The lowest BCUT2D eigenvalue weighted by Crippen LogP contribution is -2.42. The Bertz CT molecular complexity index is 290. The third-order valence-electron chi connectivity index (χ3n) is 5.05. The summed E-state index contributed by atoms with van der Waals surface area (Å²) in [6.07, 6.45) is 19.7. The van der Waals surface area contributed by atoms with Crippen LogP contribution in [0.3, 0.4) is 0 Å². The normalized spacial score (nSPS) is 11.8. The van der Waals surface area contributed by atoms with Crippen LogP contribution in [0.2, 0.25) is 0 Å². The quantitative estimate of drug-likeness (QED) is 0.244. The highest BCUT2D eigenvalue weighted by Gasteiger charge is 2.15. The highest BCUT2D eigenvalue weighted by atomic mass is 16.4. The average molecular weight is 343 g/mol. The highest BCUT2D eigenvalue weighted by Crippen LogP contribution is 2.13. The van der Waals surface area contributed by atoms with Crippen LogP contribution in [0.4, 0.5) is 0 Å². The topological polar surface area (TPSA) is 37.3 Å². The Morgan fingerprint density at radius 3 is 1.42 bits per heavy atom. The zero-order valence-corrected chi connectivity index (χ0v) is 16.8. The lowest BCUT2D eigenvalue weighted by Gasteiger charge is -2.29. The summed E-state index contributed by atoms with van der Waals surface area (Å²) in [7, 11) is 4.29. The number of aliphatic carboxylic acids is 1. The predicted molar refractivity (Wildman–Crippen MR) is 104 cm³/mol. The van der Waals surface area contributed by atoms with Crippen LogP contribution in [0, 0.1) is 0 Å². The number of carbonyl (C=O) groups is 1. The molecule has 0 bridgehead atoms. The molecule has 1 N–H and O–H groups in total. The Morgan fingerprint density at radius 1 is 0.667 bits per heavy atom. The van der Waals surface area contributed by atoms with Crippen molar-refractivity contribution in [3.05, 3.63) is 0 Å². The molecule has 0 saturated carbocycles. The molecular formula is C21H44NO2+. The standard InChI is InChI=1S/C21H43NO2/c1-4-5-6-7-8-9-10-11-12-13-14-15-16-17-19-22(2,3)20-18-21(23)24/h4-20H2,1-3H3/p+1. The minimum atomic E-state index is -0.679. The molecule has 0 rings (SSSR count). The molecule has 0 unspecified atom stereocenters. The molecule has 0 radical (unpaired) electrons. The Labute approximate surface area is 151 Å². The van der Waals surface area contributed by atoms with Crippen LogP contribution in [-0.4, -0.2) is 42.7 Å². The van der Waals surface area contributed by atoms with E-state index in [0.29, 0.717) is 0 Å².